The maximum atomic E-state index is 14.3. The van der Waals surface area contributed by atoms with Crippen LogP contribution in [0.2, 0.25) is 0 Å². The molecule has 0 spiro atoms. The summed E-state index contributed by atoms with van der Waals surface area (Å²) in [6.07, 6.45) is -10.5. The molecule has 2 aromatic rings. The smallest absolute Gasteiger partial charge is 0.224 e. The molecule has 1 aliphatic heterocycles. The van der Waals surface area contributed by atoms with Crippen molar-refractivity contribution in [2.24, 2.45) is 17.0 Å². The lowest BCUT2D eigenvalue weighted by Crippen LogP contribution is -2.61. The van der Waals surface area contributed by atoms with Crippen LogP contribution >= 0.6 is 0 Å². The number of hydrogen-bond donors (Lipinski definition) is 8. The van der Waals surface area contributed by atoms with Crippen LogP contribution in [0.5, 0.6) is 0 Å². The first kappa shape index (κ1) is 39.0. The zero-order valence-corrected chi connectivity index (χ0v) is 26.8. The molecule has 2 aliphatic rings. The Balaban J connectivity index is 1.59. The average molecular weight is 710 g/mol. The van der Waals surface area contributed by atoms with E-state index >= 15 is 0 Å². The Labute approximate surface area is 285 Å². The third-order valence-corrected chi connectivity index (χ3v) is 8.80. The Bertz CT molecular complexity index is 1510. The van der Waals surface area contributed by atoms with Crippen molar-refractivity contribution < 1.29 is 63.2 Å². The molecule has 0 aromatic heterocycles. The van der Waals surface area contributed by atoms with Crippen LogP contribution in [0.4, 0.5) is 8.78 Å². The van der Waals surface area contributed by atoms with Gasteiger partial charge in [-0.1, -0.05) is 29.4 Å². The van der Waals surface area contributed by atoms with Gasteiger partial charge in [-0.15, -0.1) is 0 Å². The van der Waals surface area contributed by atoms with Gasteiger partial charge in [0.15, 0.2) is 6.29 Å². The molecular formula is C32H41F2N5O11. The minimum atomic E-state index is -1.78. The van der Waals surface area contributed by atoms with Crippen molar-refractivity contribution in [3.63, 3.8) is 0 Å². The van der Waals surface area contributed by atoms with Gasteiger partial charge in [0.25, 0.3) is 0 Å². The molecule has 274 valence electrons. The highest BCUT2D eigenvalue weighted by molar-refractivity contribution is 5.88. The molecule has 16 nitrogen and oxygen atoms in total. The maximum absolute atomic E-state index is 14.3. The van der Waals surface area contributed by atoms with E-state index in [2.05, 4.69) is 20.7 Å². The minimum absolute atomic E-state index is 0.0645. The molecule has 2 aromatic carbocycles. The summed E-state index contributed by atoms with van der Waals surface area (Å²) in [5, 5.41) is 68.1. The van der Waals surface area contributed by atoms with Gasteiger partial charge < -0.3 is 55.5 Å². The zero-order valence-electron chi connectivity index (χ0n) is 26.8. The summed E-state index contributed by atoms with van der Waals surface area (Å²) in [5.41, 5.74) is 9.56. The summed E-state index contributed by atoms with van der Waals surface area (Å²) in [5.74, 6) is -4.79. The van der Waals surface area contributed by atoms with Gasteiger partial charge in [-0.2, -0.15) is 0 Å². The molecule has 0 unspecified atom stereocenters. The number of aliphatic hydroxyl groups is 6. The van der Waals surface area contributed by atoms with E-state index in [0.29, 0.717) is 11.1 Å². The van der Waals surface area contributed by atoms with Crippen molar-refractivity contribution in [1.82, 2.24) is 10.6 Å². The van der Waals surface area contributed by atoms with E-state index in [1.54, 1.807) is 0 Å². The highest BCUT2D eigenvalue weighted by Crippen LogP contribution is 2.37. The van der Waals surface area contributed by atoms with Gasteiger partial charge in [0.05, 0.1) is 50.5 Å². The SMILES string of the molecule is [N-]=[N+]=NCCO[C@H]1C[C@H](C(=O)NCc2ccc(CO)c(F)c2)[C@@H](C(=O)NCc2ccc(CO)c(F)c2)C[C@@H]1O[C@H]1O[C@H](CO)[C@@H](O)[C@H](O)[C@@H]1O. The molecule has 1 saturated heterocycles. The summed E-state index contributed by atoms with van der Waals surface area (Å²) < 4.78 is 46.0. The Morgan fingerprint density at radius 1 is 0.860 bits per heavy atom. The molecule has 1 heterocycles. The van der Waals surface area contributed by atoms with E-state index < -0.39 is 98.0 Å². The molecule has 50 heavy (non-hydrogen) atoms. The predicted octanol–water partition coefficient (Wildman–Crippen LogP) is -0.211. The number of azide groups is 1. The second-order valence-electron chi connectivity index (χ2n) is 12.0. The highest BCUT2D eigenvalue weighted by atomic mass is 19.1. The first-order valence-electron chi connectivity index (χ1n) is 15.9. The van der Waals surface area contributed by atoms with Crippen LogP contribution in [0.1, 0.15) is 35.1 Å². The van der Waals surface area contributed by atoms with Crippen molar-refractivity contribution >= 4 is 11.8 Å². The van der Waals surface area contributed by atoms with E-state index in [4.69, 9.17) is 19.7 Å². The Kier molecular flexibility index (Phi) is 14.4. The van der Waals surface area contributed by atoms with E-state index in [1.165, 1.54) is 24.3 Å². The van der Waals surface area contributed by atoms with Crippen LogP contribution in [0, 0.1) is 23.5 Å². The lowest BCUT2D eigenvalue weighted by atomic mass is 9.75. The summed E-state index contributed by atoms with van der Waals surface area (Å²) in [4.78, 5) is 30.1. The quantitative estimate of drug-likeness (QED) is 0.0520. The van der Waals surface area contributed by atoms with Gasteiger partial charge in [0.1, 0.15) is 36.1 Å². The summed E-state index contributed by atoms with van der Waals surface area (Å²) in [6.45, 7) is -2.24. The van der Waals surface area contributed by atoms with Gasteiger partial charge in [0, 0.05) is 35.7 Å². The van der Waals surface area contributed by atoms with Crippen LogP contribution in [0.3, 0.4) is 0 Å². The van der Waals surface area contributed by atoms with Crippen molar-refractivity contribution in [2.45, 2.75) is 82.1 Å². The molecular weight excluding hydrogens is 668 g/mol. The van der Waals surface area contributed by atoms with Crippen molar-refractivity contribution in [3.05, 3.63) is 80.7 Å². The number of carbonyl (C=O) groups excluding carboxylic acids is 2. The van der Waals surface area contributed by atoms with Crippen molar-refractivity contribution in [1.29, 1.82) is 0 Å². The van der Waals surface area contributed by atoms with Crippen molar-refractivity contribution in [2.75, 3.05) is 19.8 Å². The lowest BCUT2D eigenvalue weighted by Gasteiger charge is -2.44. The number of carbonyl (C=O) groups is 2. The van der Waals surface area contributed by atoms with Crippen LogP contribution in [-0.2, 0) is 50.1 Å². The fourth-order valence-electron chi connectivity index (χ4n) is 5.97. The summed E-state index contributed by atoms with van der Waals surface area (Å²) in [7, 11) is 0. The number of halogens is 2. The van der Waals surface area contributed by atoms with Crippen LogP contribution in [0.15, 0.2) is 41.5 Å². The topological polar surface area (TPSA) is 256 Å². The van der Waals surface area contributed by atoms with Gasteiger partial charge in [-0.25, -0.2) is 8.78 Å². The number of nitrogens with one attached hydrogen (secondary N) is 2. The van der Waals surface area contributed by atoms with Gasteiger partial charge in [0.2, 0.25) is 11.8 Å². The molecule has 2 fully saturated rings. The fraction of sp³-hybridized carbons (Fsp3) is 0.562. The van der Waals surface area contributed by atoms with Gasteiger partial charge in [-0.3, -0.25) is 9.59 Å². The molecule has 8 N–H and O–H groups in total. The molecule has 0 radical (unpaired) electrons. The van der Waals surface area contributed by atoms with E-state index in [9.17, 15) is 49.0 Å². The monoisotopic (exact) mass is 709 g/mol. The first-order valence-corrected chi connectivity index (χ1v) is 15.9. The lowest BCUT2D eigenvalue weighted by molar-refractivity contribution is -0.321. The Morgan fingerprint density at radius 3 is 1.88 bits per heavy atom. The first-order chi connectivity index (χ1) is 24.0. The minimum Gasteiger partial charge on any atom is -0.394 e. The van der Waals surface area contributed by atoms with E-state index in [-0.39, 0.29) is 50.2 Å². The summed E-state index contributed by atoms with van der Waals surface area (Å²) in [6, 6.07) is 8.08. The number of rotatable bonds is 15. The van der Waals surface area contributed by atoms with Gasteiger partial charge in [-0.05, 0) is 41.6 Å². The molecule has 1 aliphatic carbocycles. The number of amides is 2. The average Bonchev–Trinajstić information content (AvgIpc) is 3.11. The predicted molar refractivity (Wildman–Crippen MR) is 167 cm³/mol. The molecule has 0 bridgehead atoms. The van der Waals surface area contributed by atoms with Crippen LogP contribution in [-0.4, -0.2) is 105 Å². The Morgan fingerprint density at radius 2 is 1.40 bits per heavy atom. The second-order valence-corrected chi connectivity index (χ2v) is 12.0. The highest BCUT2D eigenvalue weighted by Gasteiger charge is 2.49. The standard InChI is InChI=1S/C32H41F2N5O11/c33-22-7-16(1-3-18(22)13-40)11-36-30(46)20-9-24(48-6-5-38-39-35)25(49-32-29(45)28(44)27(43)26(15-42)50-32)10-21(20)31(47)37-12-17-2-4-19(14-41)23(34)8-17/h1-4,7-8,20-21,24-29,32,40-45H,5-6,9-15H2,(H,36,46)(H,37,47)/t20-,21-,24-,25-,26+,27+,28-,29-,32-/m0/s1. The number of benzene rings is 2. The second kappa shape index (κ2) is 18.4. The molecule has 4 rings (SSSR count). The largest absolute Gasteiger partial charge is 0.394 e. The molecule has 9 atom stereocenters. The molecule has 18 heteroatoms. The maximum Gasteiger partial charge on any atom is 0.224 e. The normalized spacial score (nSPS) is 28.0. The number of ether oxygens (including phenoxy) is 3. The third kappa shape index (κ3) is 9.70. The van der Waals surface area contributed by atoms with E-state index in [0.717, 1.165) is 12.1 Å². The molecule has 2 amide bonds. The van der Waals surface area contributed by atoms with Crippen LogP contribution < -0.4 is 10.6 Å². The van der Waals surface area contributed by atoms with Gasteiger partial charge >= 0.3 is 0 Å². The third-order valence-electron chi connectivity index (χ3n) is 8.80. The van der Waals surface area contributed by atoms with E-state index in [1.807, 2.05) is 0 Å². The summed E-state index contributed by atoms with van der Waals surface area (Å²) >= 11 is 0. The number of aliphatic hydroxyl groups excluding tert-OH is 6. The number of nitrogens with zero attached hydrogens (tertiary/aromatic N) is 3. The molecule has 1 saturated carbocycles. The zero-order chi connectivity index (χ0) is 36.4. The van der Waals surface area contributed by atoms with Crippen molar-refractivity contribution in [3.8, 4) is 0 Å². The number of hydrogen-bond acceptors (Lipinski definition) is 12. The van der Waals surface area contributed by atoms with Crippen LogP contribution in [0.25, 0.3) is 10.4 Å². The Hall–Kier alpha value is -3.81. The fourth-order valence-corrected chi connectivity index (χ4v) is 5.97.